The molecule has 0 amide bonds. The van der Waals surface area contributed by atoms with Crippen molar-refractivity contribution in [2.24, 2.45) is 0 Å². The minimum Gasteiger partial charge on any atom is -0.419 e. The van der Waals surface area contributed by atoms with E-state index in [4.69, 9.17) is 4.42 Å². The molecule has 19 heavy (non-hydrogen) atoms. The molecule has 0 aromatic carbocycles. The molecule has 6 heteroatoms. The summed E-state index contributed by atoms with van der Waals surface area (Å²) < 4.78 is 5.72. The van der Waals surface area contributed by atoms with E-state index in [1.54, 1.807) is 11.3 Å². The highest BCUT2D eigenvalue weighted by Gasteiger charge is 2.20. The topological polar surface area (TPSA) is 54.2 Å². The van der Waals surface area contributed by atoms with E-state index in [0.717, 1.165) is 18.0 Å². The van der Waals surface area contributed by atoms with Gasteiger partial charge >= 0.3 is 0 Å². The molecule has 102 valence electrons. The number of likely N-dealkylation sites (N-methyl/N-ethyl adjacent to an activating group) is 1. The molecule has 3 heterocycles. The SMILES string of the molecule is CN(Cc1nnc(-c2cccs2)o1)C1CCCNC1. The van der Waals surface area contributed by atoms with Crippen LogP contribution in [0.4, 0.5) is 0 Å². The molecule has 1 aliphatic heterocycles. The van der Waals surface area contributed by atoms with Crippen LogP contribution in [0.15, 0.2) is 21.9 Å². The molecule has 5 nitrogen and oxygen atoms in total. The van der Waals surface area contributed by atoms with Crippen molar-refractivity contribution < 1.29 is 4.42 Å². The third-order valence-electron chi connectivity index (χ3n) is 3.48. The quantitative estimate of drug-likeness (QED) is 0.927. The fourth-order valence-corrected chi connectivity index (χ4v) is 3.01. The third kappa shape index (κ3) is 3.02. The fraction of sp³-hybridized carbons (Fsp3) is 0.538. The van der Waals surface area contributed by atoms with Gasteiger partial charge in [0.05, 0.1) is 11.4 Å². The lowest BCUT2D eigenvalue weighted by atomic mass is 10.1. The van der Waals surface area contributed by atoms with Crippen molar-refractivity contribution in [3.63, 3.8) is 0 Å². The second-order valence-corrected chi connectivity index (χ2v) is 5.84. The summed E-state index contributed by atoms with van der Waals surface area (Å²) in [5.41, 5.74) is 0. The van der Waals surface area contributed by atoms with Crippen molar-refractivity contribution in [3.8, 4) is 10.8 Å². The van der Waals surface area contributed by atoms with Crippen LogP contribution in [-0.2, 0) is 6.54 Å². The highest BCUT2D eigenvalue weighted by atomic mass is 32.1. The molecule has 0 saturated carbocycles. The van der Waals surface area contributed by atoms with Crippen LogP contribution in [0.3, 0.4) is 0 Å². The lowest BCUT2D eigenvalue weighted by Crippen LogP contribution is -2.43. The average Bonchev–Trinajstić information content (AvgIpc) is 3.10. The number of hydrogen-bond donors (Lipinski definition) is 1. The maximum atomic E-state index is 5.72. The van der Waals surface area contributed by atoms with Crippen LogP contribution in [0, 0.1) is 0 Å². The molecular formula is C13H18N4OS. The van der Waals surface area contributed by atoms with Gasteiger partial charge in [-0.05, 0) is 37.9 Å². The molecule has 1 unspecified atom stereocenters. The number of hydrogen-bond acceptors (Lipinski definition) is 6. The lowest BCUT2D eigenvalue weighted by Gasteiger charge is -2.30. The second-order valence-electron chi connectivity index (χ2n) is 4.89. The summed E-state index contributed by atoms with van der Waals surface area (Å²) in [4.78, 5) is 3.32. The molecule has 0 radical (unpaired) electrons. The monoisotopic (exact) mass is 278 g/mol. The van der Waals surface area contributed by atoms with E-state index >= 15 is 0 Å². The van der Waals surface area contributed by atoms with Crippen molar-refractivity contribution in [3.05, 3.63) is 23.4 Å². The van der Waals surface area contributed by atoms with Crippen LogP contribution in [0.2, 0.25) is 0 Å². The largest absolute Gasteiger partial charge is 0.419 e. The first-order valence-electron chi connectivity index (χ1n) is 6.60. The van der Waals surface area contributed by atoms with Gasteiger partial charge in [0.1, 0.15) is 0 Å². The van der Waals surface area contributed by atoms with Crippen molar-refractivity contribution in [2.45, 2.75) is 25.4 Å². The summed E-state index contributed by atoms with van der Waals surface area (Å²) >= 11 is 1.62. The Hall–Kier alpha value is -1.24. The Morgan fingerprint density at radius 2 is 2.47 bits per heavy atom. The fourth-order valence-electron chi connectivity index (χ4n) is 2.37. The van der Waals surface area contributed by atoms with E-state index in [1.165, 1.54) is 12.8 Å². The molecule has 2 aromatic rings. The predicted octanol–water partition coefficient (Wildman–Crippen LogP) is 1.98. The molecule has 2 aromatic heterocycles. The van der Waals surface area contributed by atoms with Gasteiger partial charge in [0.25, 0.3) is 5.89 Å². The van der Waals surface area contributed by atoms with Crippen molar-refractivity contribution >= 4 is 11.3 Å². The Bertz CT molecular complexity index is 504. The molecule has 1 saturated heterocycles. The Morgan fingerprint density at radius 3 is 3.21 bits per heavy atom. The smallest absolute Gasteiger partial charge is 0.257 e. The van der Waals surface area contributed by atoms with Crippen LogP contribution in [0.5, 0.6) is 0 Å². The van der Waals surface area contributed by atoms with Crippen LogP contribution in [0.1, 0.15) is 18.7 Å². The Kier molecular flexibility index (Phi) is 3.91. The van der Waals surface area contributed by atoms with Gasteiger partial charge in [-0.25, -0.2) is 0 Å². The average molecular weight is 278 g/mol. The minimum absolute atomic E-state index is 0.561. The molecule has 1 fully saturated rings. The van der Waals surface area contributed by atoms with Gasteiger partial charge in [0.15, 0.2) is 0 Å². The zero-order valence-corrected chi connectivity index (χ0v) is 11.8. The number of nitrogens with one attached hydrogen (secondary N) is 1. The third-order valence-corrected chi connectivity index (χ3v) is 4.34. The van der Waals surface area contributed by atoms with Crippen LogP contribution >= 0.6 is 11.3 Å². The van der Waals surface area contributed by atoms with Crippen LogP contribution in [0.25, 0.3) is 10.8 Å². The van der Waals surface area contributed by atoms with Crippen molar-refractivity contribution in [2.75, 3.05) is 20.1 Å². The van der Waals surface area contributed by atoms with Gasteiger partial charge in [0.2, 0.25) is 5.89 Å². The first-order valence-corrected chi connectivity index (χ1v) is 7.48. The zero-order chi connectivity index (χ0) is 13.1. The Morgan fingerprint density at radius 1 is 1.53 bits per heavy atom. The van der Waals surface area contributed by atoms with Gasteiger partial charge in [-0.1, -0.05) is 6.07 Å². The highest BCUT2D eigenvalue weighted by molar-refractivity contribution is 7.13. The molecular weight excluding hydrogens is 260 g/mol. The molecule has 0 spiro atoms. The molecule has 1 N–H and O–H groups in total. The second kappa shape index (κ2) is 5.81. The molecule has 1 aliphatic rings. The van der Waals surface area contributed by atoms with E-state index in [9.17, 15) is 0 Å². The number of piperidine rings is 1. The number of nitrogens with zero attached hydrogens (tertiary/aromatic N) is 3. The van der Waals surface area contributed by atoms with Gasteiger partial charge in [-0.15, -0.1) is 21.5 Å². The molecule has 0 bridgehead atoms. The minimum atomic E-state index is 0.561. The standard InChI is InChI=1S/C13H18N4OS/c1-17(10-4-2-6-14-8-10)9-12-15-16-13(18-12)11-5-3-7-19-11/h3,5,7,10,14H,2,4,6,8-9H2,1H3. The summed E-state index contributed by atoms with van der Waals surface area (Å²) in [7, 11) is 2.12. The zero-order valence-electron chi connectivity index (χ0n) is 11.0. The summed E-state index contributed by atoms with van der Waals surface area (Å²) in [5, 5.41) is 13.7. The summed E-state index contributed by atoms with van der Waals surface area (Å²) in [6.07, 6.45) is 2.47. The highest BCUT2D eigenvalue weighted by Crippen LogP contribution is 2.23. The lowest BCUT2D eigenvalue weighted by molar-refractivity contribution is 0.181. The maximum absolute atomic E-state index is 5.72. The number of aromatic nitrogens is 2. The van der Waals surface area contributed by atoms with Crippen molar-refractivity contribution in [1.82, 2.24) is 20.4 Å². The van der Waals surface area contributed by atoms with E-state index in [0.29, 0.717) is 24.4 Å². The van der Waals surface area contributed by atoms with Gasteiger partial charge in [-0.2, -0.15) is 0 Å². The summed E-state index contributed by atoms with van der Waals surface area (Å²) in [6.45, 7) is 2.89. The molecule has 3 rings (SSSR count). The Balaban J connectivity index is 1.63. The van der Waals surface area contributed by atoms with E-state index in [-0.39, 0.29) is 0 Å². The van der Waals surface area contributed by atoms with Gasteiger partial charge in [0, 0.05) is 12.6 Å². The first-order chi connectivity index (χ1) is 9.33. The first kappa shape index (κ1) is 12.8. The van der Waals surface area contributed by atoms with Crippen LogP contribution < -0.4 is 5.32 Å². The number of rotatable bonds is 4. The van der Waals surface area contributed by atoms with Gasteiger partial charge < -0.3 is 9.73 Å². The van der Waals surface area contributed by atoms with E-state index < -0.39 is 0 Å². The van der Waals surface area contributed by atoms with Crippen molar-refractivity contribution in [1.29, 1.82) is 0 Å². The number of thiophene rings is 1. The molecule has 0 aliphatic carbocycles. The predicted molar refractivity (Wildman–Crippen MR) is 75.0 cm³/mol. The van der Waals surface area contributed by atoms with Gasteiger partial charge in [-0.3, -0.25) is 4.90 Å². The Labute approximate surface area is 116 Å². The normalized spacial score (nSPS) is 20.0. The summed E-state index contributed by atoms with van der Waals surface area (Å²) in [6, 6.07) is 4.55. The van der Waals surface area contributed by atoms with E-state index in [2.05, 4.69) is 27.5 Å². The van der Waals surface area contributed by atoms with Crippen LogP contribution in [-0.4, -0.2) is 41.3 Å². The molecule has 1 atom stereocenters. The maximum Gasteiger partial charge on any atom is 0.257 e. The summed E-state index contributed by atoms with van der Waals surface area (Å²) in [5.74, 6) is 1.32. The van der Waals surface area contributed by atoms with E-state index in [1.807, 2.05) is 17.5 Å².